The predicted octanol–water partition coefficient (Wildman–Crippen LogP) is 1.29. The molecular formula is C24H44N8. The Bertz CT molecular complexity index is 602. The first-order chi connectivity index (χ1) is 15.6. The quantitative estimate of drug-likeness (QED) is 0.453. The molecule has 2 aliphatic rings. The molecule has 0 aliphatic carbocycles. The lowest BCUT2D eigenvalue weighted by atomic mass is 9.93. The van der Waals surface area contributed by atoms with E-state index in [4.69, 9.17) is 20.0 Å². The van der Waals surface area contributed by atoms with Gasteiger partial charge in [-0.15, -0.1) is 0 Å². The summed E-state index contributed by atoms with van der Waals surface area (Å²) in [5, 5.41) is 13.9. The SMILES string of the molecule is CC1=NCCNCCCNCCN=C(C)C1=C1C(C)=NCCNCCCNCCN=C1C. The predicted molar refractivity (Wildman–Crippen MR) is 140 cm³/mol. The largest absolute Gasteiger partial charge is 0.315 e. The molecule has 0 amide bonds. The summed E-state index contributed by atoms with van der Waals surface area (Å²) in [6.07, 6.45) is 2.24. The van der Waals surface area contributed by atoms with Crippen molar-refractivity contribution in [1.29, 1.82) is 0 Å². The highest BCUT2D eigenvalue weighted by atomic mass is 14.9. The highest BCUT2D eigenvalue weighted by molar-refractivity contribution is 6.35. The molecule has 4 N–H and O–H groups in total. The number of hydrogen-bond donors (Lipinski definition) is 4. The Morgan fingerprint density at radius 1 is 0.406 bits per heavy atom. The molecule has 2 rings (SSSR count). The molecule has 0 fully saturated rings. The van der Waals surface area contributed by atoms with E-state index in [9.17, 15) is 0 Å². The zero-order valence-corrected chi connectivity index (χ0v) is 20.7. The molecule has 0 aromatic carbocycles. The first kappa shape index (κ1) is 26.5. The Morgan fingerprint density at radius 2 is 0.656 bits per heavy atom. The minimum Gasteiger partial charge on any atom is -0.315 e. The van der Waals surface area contributed by atoms with Gasteiger partial charge in [-0.2, -0.15) is 0 Å². The minimum atomic E-state index is 0.754. The van der Waals surface area contributed by atoms with Gasteiger partial charge in [-0.3, -0.25) is 20.0 Å². The average Bonchev–Trinajstić information content (AvgIpc) is 2.77. The molecule has 0 saturated heterocycles. The summed E-state index contributed by atoms with van der Waals surface area (Å²) in [6, 6.07) is 0. The summed E-state index contributed by atoms with van der Waals surface area (Å²) in [7, 11) is 0. The molecule has 2 aliphatic heterocycles. The van der Waals surface area contributed by atoms with Crippen molar-refractivity contribution < 1.29 is 0 Å². The van der Waals surface area contributed by atoms with Crippen LogP contribution in [-0.4, -0.2) is 101 Å². The summed E-state index contributed by atoms with van der Waals surface area (Å²) in [5.74, 6) is 0. The summed E-state index contributed by atoms with van der Waals surface area (Å²) < 4.78 is 0. The van der Waals surface area contributed by atoms with Gasteiger partial charge in [-0.05, 0) is 66.7 Å². The number of nitrogens with zero attached hydrogens (tertiary/aromatic N) is 4. The van der Waals surface area contributed by atoms with Crippen molar-refractivity contribution in [3.8, 4) is 0 Å². The van der Waals surface area contributed by atoms with Crippen LogP contribution in [0.1, 0.15) is 40.5 Å². The summed E-state index contributed by atoms with van der Waals surface area (Å²) in [6.45, 7) is 19.0. The Morgan fingerprint density at radius 3 is 0.906 bits per heavy atom. The van der Waals surface area contributed by atoms with Gasteiger partial charge in [-0.25, -0.2) is 0 Å². The Labute approximate surface area is 194 Å². The zero-order valence-electron chi connectivity index (χ0n) is 20.7. The van der Waals surface area contributed by atoms with E-state index in [1.54, 1.807) is 0 Å². The van der Waals surface area contributed by atoms with E-state index in [1.165, 1.54) is 0 Å². The molecule has 0 saturated carbocycles. The van der Waals surface area contributed by atoms with Gasteiger partial charge in [0.05, 0.1) is 26.2 Å². The van der Waals surface area contributed by atoms with E-state index < -0.39 is 0 Å². The molecule has 8 nitrogen and oxygen atoms in total. The Kier molecular flexibility index (Phi) is 13.2. The van der Waals surface area contributed by atoms with Crippen molar-refractivity contribution in [1.82, 2.24) is 21.3 Å². The van der Waals surface area contributed by atoms with Crippen LogP contribution in [0, 0.1) is 0 Å². The lowest BCUT2D eigenvalue weighted by Gasteiger charge is -2.18. The third-order valence-electron chi connectivity index (χ3n) is 5.66. The van der Waals surface area contributed by atoms with Crippen LogP contribution in [0.5, 0.6) is 0 Å². The smallest absolute Gasteiger partial charge is 0.0517 e. The molecule has 0 aromatic heterocycles. The number of rotatable bonds is 0. The fourth-order valence-electron chi connectivity index (χ4n) is 3.95. The van der Waals surface area contributed by atoms with Gasteiger partial charge in [0.1, 0.15) is 0 Å². The van der Waals surface area contributed by atoms with Crippen LogP contribution in [0.3, 0.4) is 0 Å². The highest BCUT2D eigenvalue weighted by Crippen LogP contribution is 2.15. The topological polar surface area (TPSA) is 97.6 Å². The maximum atomic E-state index is 4.91. The lowest BCUT2D eigenvalue weighted by Crippen LogP contribution is -2.28. The van der Waals surface area contributed by atoms with Crippen molar-refractivity contribution in [2.75, 3.05) is 78.5 Å². The molecule has 32 heavy (non-hydrogen) atoms. The lowest BCUT2D eigenvalue weighted by molar-refractivity contribution is 0.602. The molecule has 0 aromatic rings. The summed E-state index contributed by atoms with van der Waals surface area (Å²) >= 11 is 0. The fraction of sp³-hybridized carbons (Fsp3) is 0.750. The van der Waals surface area contributed by atoms with E-state index >= 15 is 0 Å². The van der Waals surface area contributed by atoms with E-state index in [0.717, 1.165) is 125 Å². The molecule has 8 heteroatoms. The second-order valence-corrected chi connectivity index (χ2v) is 8.33. The minimum absolute atomic E-state index is 0.754. The maximum absolute atomic E-state index is 4.91. The Hall–Kier alpha value is -1.74. The van der Waals surface area contributed by atoms with Crippen LogP contribution in [0.25, 0.3) is 0 Å². The van der Waals surface area contributed by atoms with Crippen LogP contribution in [0.15, 0.2) is 31.1 Å². The van der Waals surface area contributed by atoms with Crippen molar-refractivity contribution in [3.63, 3.8) is 0 Å². The van der Waals surface area contributed by atoms with Crippen molar-refractivity contribution in [2.24, 2.45) is 20.0 Å². The number of nitrogens with one attached hydrogen (secondary N) is 4. The van der Waals surface area contributed by atoms with Crippen molar-refractivity contribution in [3.05, 3.63) is 11.1 Å². The Balaban J connectivity index is 2.48. The third kappa shape index (κ3) is 9.81. The van der Waals surface area contributed by atoms with Crippen molar-refractivity contribution in [2.45, 2.75) is 40.5 Å². The van der Waals surface area contributed by atoms with Gasteiger partial charge in [0, 0.05) is 60.2 Å². The van der Waals surface area contributed by atoms with E-state index in [0.29, 0.717) is 0 Å². The van der Waals surface area contributed by atoms with Crippen LogP contribution < -0.4 is 21.3 Å². The molecule has 2 heterocycles. The van der Waals surface area contributed by atoms with Gasteiger partial charge in [0.25, 0.3) is 0 Å². The van der Waals surface area contributed by atoms with Gasteiger partial charge >= 0.3 is 0 Å². The summed E-state index contributed by atoms with van der Waals surface area (Å²) in [5.41, 5.74) is 6.20. The van der Waals surface area contributed by atoms with Gasteiger partial charge in [0.2, 0.25) is 0 Å². The second-order valence-electron chi connectivity index (χ2n) is 8.33. The second kappa shape index (κ2) is 16.0. The molecule has 180 valence electrons. The monoisotopic (exact) mass is 444 g/mol. The molecular weight excluding hydrogens is 400 g/mol. The van der Waals surface area contributed by atoms with Gasteiger partial charge in [0.15, 0.2) is 0 Å². The summed E-state index contributed by atoms with van der Waals surface area (Å²) in [4.78, 5) is 19.6. The third-order valence-corrected chi connectivity index (χ3v) is 5.66. The zero-order chi connectivity index (χ0) is 23.0. The van der Waals surface area contributed by atoms with Gasteiger partial charge < -0.3 is 21.3 Å². The highest BCUT2D eigenvalue weighted by Gasteiger charge is 2.18. The average molecular weight is 445 g/mol. The normalized spacial score (nSPS) is 22.6. The van der Waals surface area contributed by atoms with Gasteiger partial charge in [-0.1, -0.05) is 0 Å². The number of allylic oxidation sites excluding steroid dienone is 2. The van der Waals surface area contributed by atoms with Crippen LogP contribution in [0.4, 0.5) is 0 Å². The molecule has 0 atom stereocenters. The number of hydrogen-bond acceptors (Lipinski definition) is 8. The maximum Gasteiger partial charge on any atom is 0.0517 e. The standard InChI is InChI=1S/C24H44N8/c1-19-23(20(2)30-16-12-26-8-5-7-25-11-15-29-19)24-21(3)31-17-13-27-9-6-10-28-14-18-32-22(24)4/h25-28H,5-18H2,1-4H3. The molecule has 0 bridgehead atoms. The molecule has 0 radical (unpaired) electrons. The van der Waals surface area contributed by atoms with Crippen LogP contribution >= 0.6 is 0 Å². The van der Waals surface area contributed by atoms with Crippen LogP contribution in [0.2, 0.25) is 0 Å². The number of aliphatic imine (C=N–C) groups is 4. The first-order valence-electron chi connectivity index (χ1n) is 12.2. The fourth-order valence-corrected chi connectivity index (χ4v) is 3.95. The molecule has 0 spiro atoms. The molecule has 0 unspecified atom stereocenters. The van der Waals surface area contributed by atoms with E-state index in [-0.39, 0.29) is 0 Å². The van der Waals surface area contributed by atoms with E-state index in [2.05, 4.69) is 49.0 Å². The van der Waals surface area contributed by atoms with E-state index in [1.807, 2.05) is 0 Å². The first-order valence-corrected chi connectivity index (χ1v) is 12.2. The van der Waals surface area contributed by atoms with Crippen molar-refractivity contribution >= 4 is 22.8 Å². The van der Waals surface area contributed by atoms with Crippen LogP contribution in [-0.2, 0) is 0 Å².